The Bertz CT molecular complexity index is 1450. The van der Waals surface area contributed by atoms with Crippen molar-refractivity contribution in [1.82, 2.24) is 25.9 Å². The molecule has 12 nitrogen and oxygen atoms in total. The van der Waals surface area contributed by atoms with Crippen LogP contribution in [0.3, 0.4) is 0 Å². The molecule has 0 radical (unpaired) electrons. The first-order chi connectivity index (χ1) is 20.9. The van der Waals surface area contributed by atoms with Crippen molar-refractivity contribution < 1.29 is 24.2 Å². The third kappa shape index (κ3) is 11.3. The van der Waals surface area contributed by atoms with Crippen LogP contribution >= 0.6 is 23.8 Å². The predicted molar refractivity (Wildman–Crippen MR) is 173 cm³/mol. The number of aliphatic carboxylic acids is 1. The Balaban J connectivity index is 1.78. The second-order valence-electron chi connectivity index (χ2n) is 10.5. The molecular weight excluding hydrogens is 606 g/mol. The maximum Gasteiger partial charge on any atom is 0.333 e. The molecular formula is C30H36ClN7O5S. The standard InChI is InChI=1S/C30H36ClN7O5S/c1-30(2,3)43-27(42)24(19-10-5-4-6-11-19)37-26(41)20-18-35-28(36-22-13-8-7-12-21(22)31)38-25(20)32-15-9-16-33-29(44)34-17-14-23(39)40/h4-8,10-13,18,24H,9,14-17H2,1-3H3,(H,37,41)(H,39,40)(H2,33,34,44)(H2,32,35,36,38)/t24-/m0/s1. The lowest BCUT2D eigenvalue weighted by molar-refractivity contribution is -0.157. The number of aromatic nitrogens is 2. The van der Waals surface area contributed by atoms with Crippen LogP contribution in [-0.2, 0) is 14.3 Å². The van der Waals surface area contributed by atoms with Crippen LogP contribution in [0.2, 0.25) is 5.02 Å². The topological polar surface area (TPSA) is 167 Å². The van der Waals surface area contributed by atoms with E-state index in [0.29, 0.717) is 40.9 Å². The number of esters is 1. The molecule has 3 aromatic rings. The zero-order valence-corrected chi connectivity index (χ0v) is 26.2. The van der Waals surface area contributed by atoms with Gasteiger partial charge in [0.1, 0.15) is 17.0 Å². The van der Waals surface area contributed by atoms with Crippen LogP contribution in [0, 0.1) is 0 Å². The number of benzene rings is 2. The summed E-state index contributed by atoms with van der Waals surface area (Å²) in [6.07, 6.45) is 1.88. The lowest BCUT2D eigenvalue weighted by Crippen LogP contribution is -2.38. The van der Waals surface area contributed by atoms with E-state index in [0.717, 1.165) is 0 Å². The van der Waals surface area contributed by atoms with E-state index in [9.17, 15) is 14.4 Å². The van der Waals surface area contributed by atoms with E-state index in [-0.39, 0.29) is 30.3 Å². The number of rotatable bonds is 14. The predicted octanol–water partition coefficient (Wildman–Crippen LogP) is 4.43. The number of carboxylic acid groups (broad SMARTS) is 1. The van der Waals surface area contributed by atoms with Crippen LogP contribution in [0.1, 0.15) is 55.6 Å². The highest BCUT2D eigenvalue weighted by Gasteiger charge is 2.29. The van der Waals surface area contributed by atoms with E-state index in [4.69, 9.17) is 33.7 Å². The Hall–Kier alpha value is -4.49. The molecule has 0 saturated carbocycles. The van der Waals surface area contributed by atoms with Crippen molar-refractivity contribution in [2.75, 3.05) is 30.3 Å². The van der Waals surface area contributed by atoms with Crippen molar-refractivity contribution in [1.29, 1.82) is 0 Å². The Kier molecular flexibility index (Phi) is 12.7. The van der Waals surface area contributed by atoms with Gasteiger partial charge in [0.25, 0.3) is 5.91 Å². The van der Waals surface area contributed by atoms with Gasteiger partial charge in [-0.1, -0.05) is 54.1 Å². The number of halogens is 1. The number of hydrogen-bond donors (Lipinski definition) is 6. The first-order valence-corrected chi connectivity index (χ1v) is 14.7. The van der Waals surface area contributed by atoms with Gasteiger partial charge in [-0.2, -0.15) is 4.98 Å². The zero-order valence-electron chi connectivity index (χ0n) is 24.6. The number of carboxylic acids is 1. The van der Waals surface area contributed by atoms with Gasteiger partial charge in [0.15, 0.2) is 11.2 Å². The molecule has 1 atom stereocenters. The molecule has 0 saturated heterocycles. The maximum atomic E-state index is 13.6. The van der Waals surface area contributed by atoms with Gasteiger partial charge in [-0.15, -0.1) is 0 Å². The van der Waals surface area contributed by atoms with E-state index in [1.807, 2.05) is 12.1 Å². The van der Waals surface area contributed by atoms with E-state index in [2.05, 4.69) is 36.6 Å². The van der Waals surface area contributed by atoms with Crippen molar-refractivity contribution in [3.05, 3.63) is 76.9 Å². The number of nitrogens with one attached hydrogen (secondary N) is 5. The molecule has 6 N–H and O–H groups in total. The summed E-state index contributed by atoms with van der Waals surface area (Å²) in [5.41, 5.74) is 0.484. The average Bonchev–Trinajstić information content (AvgIpc) is 2.96. The summed E-state index contributed by atoms with van der Waals surface area (Å²) in [4.78, 5) is 46.3. The van der Waals surface area contributed by atoms with Crippen molar-refractivity contribution in [3.63, 3.8) is 0 Å². The summed E-state index contributed by atoms with van der Waals surface area (Å²) < 4.78 is 5.59. The minimum atomic E-state index is -1.07. The molecule has 0 spiro atoms. The SMILES string of the molecule is CC(C)(C)OC(=O)[C@@H](NC(=O)c1cnc(Nc2ccccc2Cl)nc1NCCCNC(=S)NCCC(=O)O)c1ccccc1. The molecule has 1 aromatic heterocycles. The largest absolute Gasteiger partial charge is 0.481 e. The van der Waals surface area contributed by atoms with Crippen LogP contribution in [0.15, 0.2) is 60.8 Å². The summed E-state index contributed by atoms with van der Waals surface area (Å²) >= 11 is 11.4. The van der Waals surface area contributed by atoms with Gasteiger partial charge in [0.2, 0.25) is 5.95 Å². The lowest BCUT2D eigenvalue weighted by Gasteiger charge is -2.25. The molecule has 0 bridgehead atoms. The van der Waals surface area contributed by atoms with Gasteiger partial charge in [0.05, 0.1) is 17.1 Å². The molecule has 0 unspecified atom stereocenters. The highest BCUT2D eigenvalue weighted by Crippen LogP contribution is 2.25. The summed E-state index contributed by atoms with van der Waals surface area (Å²) in [6.45, 7) is 6.34. The third-order valence-electron chi connectivity index (χ3n) is 5.76. The minimum Gasteiger partial charge on any atom is -0.481 e. The molecule has 3 rings (SSSR count). The average molecular weight is 642 g/mol. The summed E-state index contributed by atoms with van der Waals surface area (Å²) in [7, 11) is 0. The highest BCUT2D eigenvalue weighted by atomic mass is 35.5. The van der Waals surface area contributed by atoms with Crippen molar-refractivity contribution in [2.24, 2.45) is 0 Å². The fourth-order valence-electron chi connectivity index (χ4n) is 3.76. The minimum absolute atomic E-state index is 0.0501. The molecule has 1 heterocycles. The van der Waals surface area contributed by atoms with Crippen LogP contribution in [0.5, 0.6) is 0 Å². The molecule has 0 aliphatic heterocycles. The first kappa shape index (κ1) is 34.0. The number of nitrogens with zero attached hydrogens (tertiary/aromatic N) is 2. The Morgan fingerprint density at radius 3 is 2.36 bits per heavy atom. The van der Waals surface area contributed by atoms with Gasteiger partial charge in [-0.3, -0.25) is 9.59 Å². The fraction of sp³-hybridized carbons (Fsp3) is 0.333. The second kappa shape index (κ2) is 16.4. The zero-order chi connectivity index (χ0) is 32.1. The summed E-state index contributed by atoms with van der Waals surface area (Å²) in [5.74, 6) is -1.68. The maximum absolute atomic E-state index is 13.6. The Labute approximate surface area is 266 Å². The second-order valence-corrected chi connectivity index (χ2v) is 11.3. The highest BCUT2D eigenvalue weighted by molar-refractivity contribution is 7.80. The van der Waals surface area contributed by atoms with E-state index in [1.165, 1.54) is 6.20 Å². The van der Waals surface area contributed by atoms with Gasteiger partial charge < -0.3 is 36.4 Å². The van der Waals surface area contributed by atoms with Crippen LogP contribution in [0.25, 0.3) is 0 Å². The number of thiocarbonyl (C=S) groups is 1. The number of hydrogen-bond acceptors (Lipinski definition) is 9. The monoisotopic (exact) mass is 641 g/mol. The molecule has 1 amide bonds. The number of amides is 1. The molecule has 44 heavy (non-hydrogen) atoms. The van der Waals surface area contributed by atoms with Gasteiger partial charge >= 0.3 is 11.9 Å². The summed E-state index contributed by atoms with van der Waals surface area (Å²) in [5, 5.41) is 24.4. The van der Waals surface area contributed by atoms with Crippen LogP contribution in [-0.4, -0.2) is 63.3 Å². The molecule has 0 aliphatic carbocycles. The number of carbonyl (C=O) groups excluding carboxylic acids is 2. The quantitative estimate of drug-likeness (QED) is 0.0834. The normalized spacial score (nSPS) is 11.5. The summed E-state index contributed by atoms with van der Waals surface area (Å²) in [6, 6.07) is 14.8. The van der Waals surface area contributed by atoms with E-state index >= 15 is 0 Å². The van der Waals surface area contributed by atoms with E-state index < -0.39 is 29.5 Å². The number of anilines is 3. The van der Waals surface area contributed by atoms with Gasteiger partial charge in [0, 0.05) is 25.8 Å². The number of ether oxygens (including phenoxy) is 1. The van der Waals surface area contributed by atoms with Crippen molar-refractivity contribution >= 4 is 64.2 Å². The van der Waals surface area contributed by atoms with Gasteiger partial charge in [-0.05, 0) is 57.1 Å². The Morgan fingerprint density at radius 1 is 1.00 bits per heavy atom. The third-order valence-corrected chi connectivity index (χ3v) is 6.38. The van der Waals surface area contributed by atoms with Crippen molar-refractivity contribution in [3.8, 4) is 0 Å². The van der Waals surface area contributed by atoms with Gasteiger partial charge in [-0.25, -0.2) is 9.78 Å². The lowest BCUT2D eigenvalue weighted by atomic mass is 10.1. The molecule has 0 fully saturated rings. The molecule has 234 valence electrons. The smallest absolute Gasteiger partial charge is 0.333 e. The first-order valence-electron chi connectivity index (χ1n) is 13.9. The number of carbonyl (C=O) groups is 3. The van der Waals surface area contributed by atoms with E-state index in [1.54, 1.807) is 63.2 Å². The molecule has 14 heteroatoms. The van der Waals surface area contributed by atoms with Crippen molar-refractivity contribution in [2.45, 2.75) is 45.3 Å². The van der Waals surface area contributed by atoms with Crippen LogP contribution < -0.4 is 26.6 Å². The Morgan fingerprint density at radius 2 is 1.68 bits per heavy atom. The molecule has 0 aliphatic rings. The number of para-hydroxylation sites is 1. The molecule has 2 aromatic carbocycles. The van der Waals surface area contributed by atoms with Crippen LogP contribution in [0.4, 0.5) is 17.5 Å². The fourth-order valence-corrected chi connectivity index (χ4v) is 4.15.